The Kier molecular flexibility index (Phi) is 6.12. The number of ether oxygens (including phenoxy) is 1. The van der Waals surface area contributed by atoms with Crippen LogP contribution in [-0.2, 0) is 14.8 Å². The molecule has 0 unspecified atom stereocenters. The zero-order chi connectivity index (χ0) is 19.4. The summed E-state index contributed by atoms with van der Waals surface area (Å²) in [6.45, 7) is 6.28. The lowest BCUT2D eigenvalue weighted by Crippen LogP contribution is -2.50. The molecule has 144 valence electrons. The molecule has 9 heteroatoms. The van der Waals surface area contributed by atoms with E-state index in [2.05, 4.69) is 5.32 Å². The van der Waals surface area contributed by atoms with E-state index in [9.17, 15) is 18.0 Å². The first-order valence-electron chi connectivity index (χ1n) is 8.43. The van der Waals surface area contributed by atoms with Crippen LogP contribution in [0.5, 0.6) is 0 Å². The third kappa shape index (κ3) is 5.91. The van der Waals surface area contributed by atoms with E-state index < -0.39 is 21.7 Å². The number of urea groups is 1. The van der Waals surface area contributed by atoms with Crippen LogP contribution in [0.2, 0.25) is 0 Å². The van der Waals surface area contributed by atoms with Crippen molar-refractivity contribution in [2.75, 3.05) is 13.1 Å². The molecule has 1 aromatic carbocycles. The molecule has 0 saturated carbocycles. The molecule has 8 nitrogen and oxygen atoms in total. The number of carbonyl (C=O) groups excluding carboxylic acids is 2. The maximum Gasteiger partial charge on any atom is 0.410 e. The van der Waals surface area contributed by atoms with E-state index in [0.29, 0.717) is 25.9 Å². The molecule has 3 amide bonds. The number of nitrogens with zero attached hydrogens (tertiary/aromatic N) is 1. The fourth-order valence-electron chi connectivity index (χ4n) is 2.53. The number of nitrogens with one attached hydrogen (secondary N) is 2. The predicted octanol–water partition coefficient (Wildman–Crippen LogP) is 2.07. The Balaban J connectivity index is 1.82. The van der Waals surface area contributed by atoms with Gasteiger partial charge in [-0.05, 0) is 45.7 Å². The van der Waals surface area contributed by atoms with Crippen molar-refractivity contribution in [2.45, 2.75) is 50.2 Å². The van der Waals surface area contributed by atoms with Gasteiger partial charge >= 0.3 is 12.1 Å². The first-order chi connectivity index (χ1) is 12.1. The highest BCUT2D eigenvalue weighted by Crippen LogP contribution is 2.15. The highest BCUT2D eigenvalue weighted by atomic mass is 32.2. The highest BCUT2D eigenvalue weighted by Gasteiger charge is 2.28. The van der Waals surface area contributed by atoms with Gasteiger partial charge < -0.3 is 15.0 Å². The van der Waals surface area contributed by atoms with Gasteiger partial charge in [-0.1, -0.05) is 18.2 Å². The predicted molar refractivity (Wildman–Crippen MR) is 96.1 cm³/mol. The highest BCUT2D eigenvalue weighted by molar-refractivity contribution is 7.90. The fraction of sp³-hybridized carbons (Fsp3) is 0.529. The molecule has 1 saturated heterocycles. The minimum absolute atomic E-state index is 0.0231. The van der Waals surface area contributed by atoms with Crippen LogP contribution in [0.15, 0.2) is 35.2 Å². The van der Waals surface area contributed by atoms with Gasteiger partial charge in [0, 0.05) is 19.1 Å². The molecule has 26 heavy (non-hydrogen) atoms. The Morgan fingerprint density at radius 2 is 1.69 bits per heavy atom. The fourth-order valence-corrected chi connectivity index (χ4v) is 3.46. The Morgan fingerprint density at radius 1 is 1.12 bits per heavy atom. The number of carbonyl (C=O) groups is 2. The number of benzene rings is 1. The van der Waals surface area contributed by atoms with Crippen LogP contribution in [-0.4, -0.2) is 50.2 Å². The topological polar surface area (TPSA) is 105 Å². The van der Waals surface area contributed by atoms with Gasteiger partial charge in [0.15, 0.2) is 0 Å². The number of amides is 3. The van der Waals surface area contributed by atoms with Gasteiger partial charge in [0.05, 0.1) is 4.90 Å². The maximum atomic E-state index is 12.1. The summed E-state index contributed by atoms with van der Waals surface area (Å²) < 4.78 is 31.6. The largest absolute Gasteiger partial charge is 0.444 e. The van der Waals surface area contributed by atoms with E-state index >= 15 is 0 Å². The molecule has 0 bridgehead atoms. The van der Waals surface area contributed by atoms with Gasteiger partial charge in [-0.2, -0.15) is 0 Å². The van der Waals surface area contributed by atoms with Gasteiger partial charge in [0.2, 0.25) is 0 Å². The Morgan fingerprint density at radius 3 is 2.23 bits per heavy atom. The summed E-state index contributed by atoms with van der Waals surface area (Å²) in [5, 5.41) is 2.64. The maximum absolute atomic E-state index is 12.1. The van der Waals surface area contributed by atoms with Crippen molar-refractivity contribution in [3.63, 3.8) is 0 Å². The molecule has 1 aliphatic heterocycles. The first kappa shape index (κ1) is 20.0. The normalized spacial score (nSPS) is 16.0. The number of likely N-dealkylation sites (tertiary alicyclic amines) is 1. The molecular weight excluding hydrogens is 358 g/mol. The van der Waals surface area contributed by atoms with Crippen LogP contribution in [0, 0.1) is 0 Å². The van der Waals surface area contributed by atoms with E-state index in [4.69, 9.17) is 4.74 Å². The van der Waals surface area contributed by atoms with Crippen LogP contribution in [0.25, 0.3) is 0 Å². The van der Waals surface area contributed by atoms with Crippen molar-refractivity contribution in [1.82, 2.24) is 14.9 Å². The van der Waals surface area contributed by atoms with Crippen LogP contribution < -0.4 is 10.0 Å². The molecule has 0 spiro atoms. The summed E-state index contributed by atoms with van der Waals surface area (Å²) in [6.07, 6.45) is 0.669. The summed E-state index contributed by atoms with van der Waals surface area (Å²) in [5.41, 5.74) is -0.558. The summed E-state index contributed by atoms with van der Waals surface area (Å²) in [6, 6.07) is 6.70. The number of hydrogen-bond donors (Lipinski definition) is 2. The van der Waals surface area contributed by atoms with Gasteiger partial charge in [-0.25, -0.2) is 22.7 Å². The Labute approximate surface area is 153 Å². The number of hydrogen-bond acceptors (Lipinski definition) is 5. The molecule has 1 aromatic rings. The summed E-state index contributed by atoms with van der Waals surface area (Å²) in [5.74, 6) is 0. The van der Waals surface area contributed by atoms with Crippen molar-refractivity contribution < 1.29 is 22.7 Å². The van der Waals surface area contributed by atoms with E-state index in [-0.39, 0.29) is 17.0 Å². The van der Waals surface area contributed by atoms with Crippen LogP contribution in [0.4, 0.5) is 9.59 Å². The quantitative estimate of drug-likeness (QED) is 0.831. The smallest absolute Gasteiger partial charge is 0.410 e. The Hall–Kier alpha value is -2.29. The van der Waals surface area contributed by atoms with E-state index in [1.165, 1.54) is 12.1 Å². The van der Waals surface area contributed by atoms with Gasteiger partial charge in [0.25, 0.3) is 10.0 Å². The molecular formula is C17H25N3O5S. The summed E-state index contributed by atoms with van der Waals surface area (Å²) in [4.78, 5) is 25.6. The van der Waals surface area contributed by atoms with Crippen LogP contribution >= 0.6 is 0 Å². The molecule has 0 radical (unpaired) electrons. The van der Waals surface area contributed by atoms with Gasteiger partial charge in [0.1, 0.15) is 5.60 Å². The third-order valence-electron chi connectivity index (χ3n) is 3.76. The van der Waals surface area contributed by atoms with Crippen molar-refractivity contribution in [1.29, 1.82) is 0 Å². The van der Waals surface area contributed by atoms with Gasteiger partial charge in [-0.3, -0.25) is 0 Å². The second-order valence-corrected chi connectivity index (χ2v) is 8.82. The lowest BCUT2D eigenvalue weighted by Gasteiger charge is -2.33. The van der Waals surface area contributed by atoms with Gasteiger partial charge in [-0.15, -0.1) is 0 Å². The molecule has 2 N–H and O–H groups in total. The molecule has 1 fully saturated rings. The van der Waals surface area contributed by atoms with Crippen LogP contribution in [0.1, 0.15) is 33.6 Å². The van der Waals surface area contributed by atoms with E-state index in [1.54, 1.807) is 43.9 Å². The minimum Gasteiger partial charge on any atom is -0.444 e. The molecule has 0 aliphatic carbocycles. The van der Waals surface area contributed by atoms with E-state index in [1.807, 2.05) is 4.72 Å². The minimum atomic E-state index is -3.90. The molecule has 0 aromatic heterocycles. The average molecular weight is 383 g/mol. The Bertz CT molecular complexity index is 735. The third-order valence-corrected chi connectivity index (χ3v) is 5.11. The summed E-state index contributed by atoms with van der Waals surface area (Å²) >= 11 is 0. The summed E-state index contributed by atoms with van der Waals surface area (Å²) in [7, 11) is -3.90. The zero-order valence-corrected chi connectivity index (χ0v) is 16.0. The van der Waals surface area contributed by atoms with Crippen molar-refractivity contribution in [2.24, 2.45) is 0 Å². The molecule has 0 atom stereocenters. The zero-order valence-electron chi connectivity index (χ0n) is 15.2. The number of rotatable bonds is 3. The second kappa shape index (κ2) is 7.94. The lowest BCUT2D eigenvalue weighted by atomic mass is 10.1. The molecule has 2 rings (SSSR count). The van der Waals surface area contributed by atoms with Crippen molar-refractivity contribution >= 4 is 22.1 Å². The number of piperidine rings is 1. The van der Waals surface area contributed by atoms with Crippen molar-refractivity contribution in [3.8, 4) is 0 Å². The molecule has 1 heterocycles. The second-order valence-electron chi connectivity index (χ2n) is 7.13. The average Bonchev–Trinajstić information content (AvgIpc) is 2.54. The monoisotopic (exact) mass is 383 g/mol. The molecule has 1 aliphatic rings. The number of sulfonamides is 1. The lowest BCUT2D eigenvalue weighted by molar-refractivity contribution is 0.0201. The first-order valence-corrected chi connectivity index (χ1v) is 9.91. The van der Waals surface area contributed by atoms with E-state index in [0.717, 1.165) is 0 Å². The SMILES string of the molecule is CC(C)(C)OC(=O)N1CCC(NC(=O)NS(=O)(=O)c2ccccc2)CC1. The van der Waals surface area contributed by atoms with Crippen LogP contribution in [0.3, 0.4) is 0 Å². The standard InChI is InChI=1S/C17H25N3O5S/c1-17(2,3)25-16(22)20-11-9-13(10-12-20)18-15(21)19-26(23,24)14-7-5-4-6-8-14/h4-8,13H,9-12H2,1-3H3,(H2,18,19,21). The van der Waals surface area contributed by atoms with Crippen molar-refractivity contribution in [3.05, 3.63) is 30.3 Å².